The molecule has 0 saturated heterocycles. The zero-order valence-electron chi connectivity index (χ0n) is 7.91. The number of hydrogen-bond acceptors (Lipinski definition) is 4. The molecule has 0 amide bonds. The summed E-state index contributed by atoms with van der Waals surface area (Å²) >= 11 is 0. The fourth-order valence-corrected chi connectivity index (χ4v) is 0.201. The van der Waals surface area contributed by atoms with Crippen molar-refractivity contribution in [2.75, 3.05) is 6.61 Å². The monoisotopic (exact) mass is 178 g/mol. The van der Waals surface area contributed by atoms with E-state index in [-0.39, 0.29) is 24.8 Å². The second-order valence-corrected chi connectivity index (χ2v) is 1.48. The Hall–Kier alpha value is -0.983. The summed E-state index contributed by atoms with van der Waals surface area (Å²) in [7, 11) is 0. The molecule has 0 aliphatic heterocycles. The summed E-state index contributed by atoms with van der Waals surface area (Å²) in [5.74, 6) is -1.59. The minimum absolute atomic E-state index is 0. The molecule has 0 aromatic rings. The van der Waals surface area contributed by atoms with E-state index < -0.39 is 5.97 Å². The van der Waals surface area contributed by atoms with E-state index in [0.29, 0.717) is 6.61 Å². The zero-order chi connectivity index (χ0) is 9.98. The van der Waals surface area contributed by atoms with Crippen molar-refractivity contribution in [1.82, 2.24) is 0 Å². The van der Waals surface area contributed by atoms with Crippen molar-refractivity contribution in [3.05, 3.63) is 25.3 Å². The molecule has 0 aromatic heterocycles. The van der Waals surface area contributed by atoms with Gasteiger partial charge in [-0.05, 0) is 13.0 Å². The molecule has 0 spiro atoms. The molecule has 0 unspecified atom stereocenters. The first-order chi connectivity index (χ1) is 5.58. The number of carboxylic acids is 1. The Morgan fingerprint density at radius 3 is 1.85 bits per heavy atom. The second kappa shape index (κ2) is 13.6. The molecule has 0 aromatic carbocycles. The summed E-state index contributed by atoms with van der Waals surface area (Å²) in [6.45, 7) is 8.28. The van der Waals surface area contributed by atoms with Gasteiger partial charge in [0.15, 0.2) is 0 Å². The standard InChI is InChI=1S/C5H8O2.C3H4O2.Li/c1-3-5(6)7-4-2;1-2-3(4)5;/h3H,1,4H2,2H3;2H,1H2,(H,4,5);/q;;+1/p-1. The number of esters is 1. The largest absolute Gasteiger partial charge is 1.00 e. The first-order valence-corrected chi connectivity index (χ1v) is 3.21. The fraction of sp³-hybridized carbons (Fsp3) is 0.250. The van der Waals surface area contributed by atoms with Crippen molar-refractivity contribution in [1.29, 1.82) is 0 Å². The van der Waals surface area contributed by atoms with E-state index in [0.717, 1.165) is 12.2 Å². The number of carboxylic acid groups (broad SMARTS) is 1. The molecule has 13 heavy (non-hydrogen) atoms. The molecule has 0 atom stereocenters. The Balaban J connectivity index is -0.000000150. The van der Waals surface area contributed by atoms with Gasteiger partial charge >= 0.3 is 24.8 Å². The van der Waals surface area contributed by atoms with Gasteiger partial charge in [0.25, 0.3) is 0 Å². The number of rotatable bonds is 3. The molecule has 0 N–H and O–H groups in total. The van der Waals surface area contributed by atoms with Crippen LogP contribution in [0.5, 0.6) is 0 Å². The van der Waals surface area contributed by atoms with Crippen molar-refractivity contribution in [2.45, 2.75) is 6.92 Å². The van der Waals surface area contributed by atoms with Crippen LogP contribution < -0.4 is 24.0 Å². The molecule has 0 bridgehead atoms. The normalized spacial score (nSPS) is 6.54. The average molecular weight is 178 g/mol. The number of carbonyl (C=O) groups excluding carboxylic acids is 2. The first-order valence-electron chi connectivity index (χ1n) is 3.21. The van der Waals surface area contributed by atoms with Crippen LogP contribution in [0.3, 0.4) is 0 Å². The van der Waals surface area contributed by atoms with E-state index in [1.54, 1.807) is 6.92 Å². The van der Waals surface area contributed by atoms with Gasteiger partial charge in [-0.25, -0.2) is 4.79 Å². The van der Waals surface area contributed by atoms with E-state index in [1.807, 2.05) is 0 Å². The van der Waals surface area contributed by atoms with Crippen molar-refractivity contribution in [3.63, 3.8) is 0 Å². The van der Waals surface area contributed by atoms with Crippen molar-refractivity contribution >= 4 is 11.9 Å². The van der Waals surface area contributed by atoms with Crippen molar-refractivity contribution in [2.24, 2.45) is 0 Å². The van der Waals surface area contributed by atoms with Gasteiger partial charge in [-0.1, -0.05) is 13.2 Å². The van der Waals surface area contributed by atoms with Crippen molar-refractivity contribution in [3.8, 4) is 0 Å². The van der Waals surface area contributed by atoms with Crippen LogP contribution in [0.25, 0.3) is 0 Å². The predicted molar refractivity (Wildman–Crippen MR) is 42.0 cm³/mol. The summed E-state index contributed by atoms with van der Waals surface area (Å²) in [5, 5.41) is 9.14. The van der Waals surface area contributed by atoms with Crippen LogP contribution >= 0.6 is 0 Å². The van der Waals surface area contributed by atoms with Crippen LogP contribution in [0.4, 0.5) is 0 Å². The Morgan fingerprint density at radius 2 is 1.77 bits per heavy atom. The van der Waals surface area contributed by atoms with Crippen LogP contribution in [-0.2, 0) is 14.3 Å². The molecule has 4 nitrogen and oxygen atoms in total. The summed E-state index contributed by atoms with van der Waals surface area (Å²) in [5.41, 5.74) is 0. The van der Waals surface area contributed by atoms with Crippen LogP contribution in [0.2, 0.25) is 0 Å². The molecular formula is C8H11LiO4. The fourth-order valence-electron chi connectivity index (χ4n) is 0.201. The van der Waals surface area contributed by atoms with Gasteiger partial charge in [-0.3, -0.25) is 0 Å². The Morgan fingerprint density at radius 1 is 1.38 bits per heavy atom. The number of ether oxygens (including phenoxy) is 1. The van der Waals surface area contributed by atoms with Crippen LogP contribution in [0.15, 0.2) is 25.3 Å². The third kappa shape index (κ3) is 24.7. The molecular weight excluding hydrogens is 167 g/mol. The van der Waals surface area contributed by atoms with Gasteiger partial charge in [0.1, 0.15) is 0 Å². The third-order valence-electron chi connectivity index (χ3n) is 0.620. The molecule has 0 aliphatic rings. The van der Waals surface area contributed by atoms with Gasteiger partial charge in [-0.2, -0.15) is 0 Å². The number of hydrogen-bond donors (Lipinski definition) is 0. The molecule has 0 saturated carbocycles. The Kier molecular flexibility index (Phi) is 18.8. The summed E-state index contributed by atoms with van der Waals surface area (Å²) in [6.07, 6.45) is 1.86. The Labute approximate surface area is 89.4 Å². The van der Waals surface area contributed by atoms with Crippen LogP contribution in [0, 0.1) is 0 Å². The third-order valence-corrected chi connectivity index (χ3v) is 0.620. The van der Waals surface area contributed by atoms with E-state index in [2.05, 4.69) is 17.9 Å². The maximum absolute atomic E-state index is 10.1. The van der Waals surface area contributed by atoms with E-state index >= 15 is 0 Å². The number of carbonyl (C=O) groups is 2. The van der Waals surface area contributed by atoms with Gasteiger partial charge in [0.05, 0.1) is 12.6 Å². The molecule has 5 heteroatoms. The summed E-state index contributed by atoms with van der Waals surface area (Å²) in [6, 6.07) is 0. The second-order valence-electron chi connectivity index (χ2n) is 1.48. The number of aliphatic carboxylic acids is 1. The minimum atomic E-state index is -1.23. The van der Waals surface area contributed by atoms with Crippen molar-refractivity contribution < 1.29 is 38.3 Å². The van der Waals surface area contributed by atoms with E-state index in [9.17, 15) is 4.79 Å². The van der Waals surface area contributed by atoms with E-state index in [4.69, 9.17) is 9.90 Å². The van der Waals surface area contributed by atoms with Crippen LogP contribution in [-0.4, -0.2) is 18.5 Å². The molecule has 68 valence electrons. The summed E-state index contributed by atoms with van der Waals surface area (Å²) in [4.78, 5) is 19.2. The predicted octanol–water partition coefficient (Wildman–Crippen LogP) is -3.34. The van der Waals surface area contributed by atoms with E-state index in [1.165, 1.54) is 0 Å². The maximum atomic E-state index is 10.1. The Bertz CT molecular complexity index is 177. The first kappa shape index (κ1) is 17.9. The molecule has 0 fully saturated rings. The summed E-state index contributed by atoms with van der Waals surface area (Å²) < 4.78 is 4.43. The van der Waals surface area contributed by atoms with Gasteiger partial charge in [0, 0.05) is 6.08 Å². The maximum Gasteiger partial charge on any atom is 1.00 e. The van der Waals surface area contributed by atoms with Gasteiger partial charge in [-0.15, -0.1) is 0 Å². The molecule has 0 aliphatic carbocycles. The molecule has 0 radical (unpaired) electrons. The quantitative estimate of drug-likeness (QED) is 0.257. The molecule has 0 heterocycles. The smallest absolute Gasteiger partial charge is 0.545 e. The zero-order valence-corrected chi connectivity index (χ0v) is 7.91. The molecule has 0 rings (SSSR count). The van der Waals surface area contributed by atoms with Gasteiger partial charge < -0.3 is 14.6 Å². The SMILES string of the molecule is C=CC(=O)OCC.C=CC(=O)[O-].[Li+]. The topological polar surface area (TPSA) is 66.4 Å². The minimum Gasteiger partial charge on any atom is -0.545 e. The van der Waals surface area contributed by atoms with Crippen LogP contribution in [0.1, 0.15) is 6.92 Å². The average Bonchev–Trinajstić information content (AvgIpc) is 2.06. The van der Waals surface area contributed by atoms with Gasteiger partial charge in [0.2, 0.25) is 0 Å².